The molecule has 0 aromatic carbocycles. The van der Waals surface area contributed by atoms with Gasteiger partial charge in [0.05, 0.1) is 0 Å². The molecule has 7 heteroatoms. The van der Waals surface area contributed by atoms with Crippen LogP contribution in [0, 0.1) is 5.82 Å². The molecule has 0 bridgehead atoms. The van der Waals surface area contributed by atoms with E-state index in [1.165, 1.54) is 18.9 Å². The Balaban J connectivity index is 1.50. The highest BCUT2D eigenvalue weighted by molar-refractivity contribution is 5.52. The normalized spacial score (nSPS) is 18.0. The Kier molecular flexibility index (Phi) is 4.61. The van der Waals surface area contributed by atoms with Crippen LogP contribution in [0.4, 0.5) is 21.8 Å². The van der Waals surface area contributed by atoms with Gasteiger partial charge in [0.15, 0.2) is 11.6 Å². The van der Waals surface area contributed by atoms with Crippen molar-refractivity contribution in [1.29, 1.82) is 0 Å². The first-order valence-electron chi connectivity index (χ1n) is 9.26. The van der Waals surface area contributed by atoms with Crippen LogP contribution in [0.2, 0.25) is 0 Å². The van der Waals surface area contributed by atoms with Crippen molar-refractivity contribution in [3.8, 4) is 0 Å². The monoisotopic (exact) mass is 356 g/mol. The lowest BCUT2D eigenvalue weighted by atomic mass is 10.0. The van der Waals surface area contributed by atoms with E-state index in [0.29, 0.717) is 17.9 Å². The third-order valence-electron chi connectivity index (χ3n) is 5.20. The van der Waals surface area contributed by atoms with Gasteiger partial charge in [-0.25, -0.2) is 19.3 Å². The van der Waals surface area contributed by atoms with Crippen molar-refractivity contribution in [2.24, 2.45) is 0 Å². The van der Waals surface area contributed by atoms with Gasteiger partial charge in [0.25, 0.3) is 0 Å². The first-order chi connectivity index (χ1) is 12.6. The topological polar surface area (TPSA) is 48.4 Å². The van der Waals surface area contributed by atoms with Crippen LogP contribution in [-0.2, 0) is 0 Å². The van der Waals surface area contributed by atoms with E-state index in [1.807, 2.05) is 19.0 Å². The van der Waals surface area contributed by atoms with Crippen molar-refractivity contribution < 1.29 is 4.39 Å². The van der Waals surface area contributed by atoms with Crippen LogP contribution in [-0.4, -0.2) is 54.2 Å². The molecule has 2 aromatic rings. The van der Waals surface area contributed by atoms with Crippen LogP contribution in [0.1, 0.15) is 25.7 Å². The summed E-state index contributed by atoms with van der Waals surface area (Å²) in [6, 6.07) is 6.19. The third-order valence-corrected chi connectivity index (χ3v) is 5.20. The Bertz CT molecular complexity index is 755. The maximum atomic E-state index is 14.0. The number of piperidine rings is 1. The molecule has 1 aliphatic heterocycles. The third kappa shape index (κ3) is 3.43. The molecule has 0 atom stereocenters. The van der Waals surface area contributed by atoms with E-state index >= 15 is 0 Å². The molecular formula is C19H25FN6. The highest BCUT2D eigenvalue weighted by Crippen LogP contribution is 2.36. The molecule has 0 radical (unpaired) electrons. The number of hydrogen-bond acceptors (Lipinski definition) is 6. The number of pyridine rings is 1. The highest BCUT2D eigenvalue weighted by Gasteiger charge is 2.37. The summed E-state index contributed by atoms with van der Waals surface area (Å²) in [7, 11) is 3.99. The zero-order chi connectivity index (χ0) is 18.1. The quantitative estimate of drug-likeness (QED) is 0.821. The van der Waals surface area contributed by atoms with E-state index < -0.39 is 0 Å². The predicted octanol–water partition coefficient (Wildman–Crippen LogP) is 2.71. The number of rotatable bonds is 5. The van der Waals surface area contributed by atoms with Crippen molar-refractivity contribution in [1.82, 2.24) is 15.0 Å². The molecule has 0 N–H and O–H groups in total. The molecule has 0 amide bonds. The molecule has 138 valence electrons. The van der Waals surface area contributed by atoms with Gasteiger partial charge in [0.1, 0.15) is 18.0 Å². The van der Waals surface area contributed by atoms with Gasteiger partial charge in [-0.1, -0.05) is 0 Å². The molecule has 26 heavy (non-hydrogen) atoms. The minimum atomic E-state index is -0.239. The van der Waals surface area contributed by atoms with E-state index in [9.17, 15) is 4.39 Å². The number of hydrogen-bond donors (Lipinski definition) is 0. The summed E-state index contributed by atoms with van der Waals surface area (Å²) in [6.45, 7) is 1.63. The molecule has 1 saturated heterocycles. The van der Waals surface area contributed by atoms with E-state index in [2.05, 4.69) is 30.8 Å². The van der Waals surface area contributed by atoms with Crippen molar-refractivity contribution in [3.05, 3.63) is 36.5 Å². The van der Waals surface area contributed by atoms with Crippen molar-refractivity contribution in [2.75, 3.05) is 41.9 Å². The molecule has 3 heterocycles. The summed E-state index contributed by atoms with van der Waals surface area (Å²) in [5, 5.41) is 0. The summed E-state index contributed by atoms with van der Waals surface area (Å²) >= 11 is 0. The van der Waals surface area contributed by atoms with Gasteiger partial charge in [-0.3, -0.25) is 0 Å². The summed E-state index contributed by atoms with van der Waals surface area (Å²) in [4.78, 5) is 19.6. The maximum Gasteiger partial charge on any atom is 0.165 e. The number of aromatic nitrogens is 3. The fraction of sp³-hybridized carbons (Fsp3) is 0.526. The Hall–Kier alpha value is -2.44. The largest absolute Gasteiger partial charge is 0.363 e. The molecule has 6 nitrogen and oxygen atoms in total. The average Bonchev–Trinajstić information content (AvgIpc) is 3.48. The Morgan fingerprint density at radius 2 is 1.69 bits per heavy atom. The van der Waals surface area contributed by atoms with Gasteiger partial charge in [-0.2, -0.15) is 0 Å². The second kappa shape index (κ2) is 7.05. The average molecular weight is 356 g/mol. The number of halogens is 1. The lowest BCUT2D eigenvalue weighted by molar-refractivity contribution is 0.452. The maximum absolute atomic E-state index is 14.0. The SMILES string of the molecule is CN(C)c1cc(N(C2CC2)C2CCN(c3ncccc3F)CC2)ncn1. The summed E-state index contributed by atoms with van der Waals surface area (Å²) in [5.41, 5.74) is 0. The van der Waals surface area contributed by atoms with Crippen LogP contribution in [0.25, 0.3) is 0 Å². The van der Waals surface area contributed by atoms with Crippen LogP contribution < -0.4 is 14.7 Å². The second-order valence-electron chi connectivity index (χ2n) is 7.29. The predicted molar refractivity (Wildman–Crippen MR) is 101 cm³/mol. The van der Waals surface area contributed by atoms with Gasteiger partial charge in [0, 0.05) is 51.5 Å². The standard InChI is InChI=1S/C19H25FN6/c1-24(2)17-12-18(23-13-22-17)26(14-5-6-14)15-7-10-25(11-8-15)19-16(20)4-3-9-21-19/h3-4,9,12-15H,5-8,10-11H2,1-2H3. The Morgan fingerprint density at radius 3 is 2.35 bits per heavy atom. The smallest absolute Gasteiger partial charge is 0.165 e. The minimum absolute atomic E-state index is 0.239. The van der Waals surface area contributed by atoms with E-state index in [1.54, 1.807) is 18.6 Å². The van der Waals surface area contributed by atoms with Gasteiger partial charge in [0.2, 0.25) is 0 Å². The van der Waals surface area contributed by atoms with Crippen LogP contribution in [0.15, 0.2) is 30.7 Å². The first-order valence-corrected chi connectivity index (χ1v) is 9.26. The molecule has 1 saturated carbocycles. The Morgan fingerprint density at radius 1 is 1.00 bits per heavy atom. The molecule has 1 aliphatic carbocycles. The fourth-order valence-electron chi connectivity index (χ4n) is 3.71. The van der Waals surface area contributed by atoms with Gasteiger partial charge in [-0.15, -0.1) is 0 Å². The summed E-state index contributed by atoms with van der Waals surface area (Å²) in [5.74, 6) is 2.17. The lowest BCUT2D eigenvalue weighted by Gasteiger charge is -2.40. The molecule has 0 spiro atoms. The second-order valence-corrected chi connectivity index (χ2v) is 7.29. The lowest BCUT2D eigenvalue weighted by Crippen LogP contribution is -2.47. The van der Waals surface area contributed by atoms with Gasteiger partial charge >= 0.3 is 0 Å². The first kappa shape index (κ1) is 17.0. The van der Waals surface area contributed by atoms with E-state index in [-0.39, 0.29) is 5.82 Å². The fourth-order valence-corrected chi connectivity index (χ4v) is 3.71. The Labute approximate surface area is 153 Å². The molecule has 2 aliphatic rings. The highest BCUT2D eigenvalue weighted by atomic mass is 19.1. The zero-order valence-corrected chi connectivity index (χ0v) is 15.3. The molecule has 0 unspecified atom stereocenters. The molecule has 4 rings (SSSR count). The number of nitrogens with zero attached hydrogens (tertiary/aromatic N) is 6. The molecule has 2 fully saturated rings. The van der Waals surface area contributed by atoms with Gasteiger partial charge in [-0.05, 0) is 37.8 Å². The summed E-state index contributed by atoms with van der Waals surface area (Å²) < 4.78 is 14.0. The van der Waals surface area contributed by atoms with Crippen LogP contribution in [0.3, 0.4) is 0 Å². The molecule has 2 aromatic heterocycles. The van der Waals surface area contributed by atoms with Crippen molar-refractivity contribution in [3.63, 3.8) is 0 Å². The number of anilines is 3. The van der Waals surface area contributed by atoms with Gasteiger partial charge < -0.3 is 14.7 Å². The minimum Gasteiger partial charge on any atom is -0.363 e. The zero-order valence-electron chi connectivity index (χ0n) is 15.3. The van der Waals surface area contributed by atoms with Crippen molar-refractivity contribution in [2.45, 2.75) is 37.8 Å². The summed E-state index contributed by atoms with van der Waals surface area (Å²) in [6.07, 6.45) is 7.71. The van der Waals surface area contributed by atoms with E-state index in [4.69, 9.17) is 0 Å². The van der Waals surface area contributed by atoms with Crippen LogP contribution in [0.5, 0.6) is 0 Å². The van der Waals surface area contributed by atoms with E-state index in [0.717, 1.165) is 37.6 Å². The van der Waals surface area contributed by atoms with Crippen LogP contribution >= 0.6 is 0 Å². The van der Waals surface area contributed by atoms with Crippen molar-refractivity contribution >= 4 is 17.5 Å². The molecular weight excluding hydrogens is 331 g/mol.